The van der Waals surface area contributed by atoms with Gasteiger partial charge in [-0.05, 0) is 31.5 Å². The van der Waals surface area contributed by atoms with Crippen molar-refractivity contribution < 1.29 is 9.90 Å². The fraction of sp³-hybridized carbons (Fsp3) is 0.500. The third kappa shape index (κ3) is 1.74. The van der Waals surface area contributed by atoms with E-state index in [0.29, 0.717) is 5.56 Å². The van der Waals surface area contributed by atoms with Gasteiger partial charge in [-0.1, -0.05) is 0 Å². The van der Waals surface area contributed by atoms with Crippen molar-refractivity contribution >= 4 is 17.7 Å². The van der Waals surface area contributed by atoms with E-state index in [4.69, 9.17) is 0 Å². The van der Waals surface area contributed by atoms with Gasteiger partial charge in [0.2, 0.25) is 5.91 Å². The van der Waals surface area contributed by atoms with Gasteiger partial charge >= 0.3 is 0 Å². The second-order valence-electron chi connectivity index (χ2n) is 5.64. The number of amides is 1. The van der Waals surface area contributed by atoms with Gasteiger partial charge in [-0.3, -0.25) is 9.78 Å². The Morgan fingerprint density at radius 3 is 2.75 bits per heavy atom. The molecule has 20 heavy (non-hydrogen) atoms. The SMILES string of the molecule is CC1(C)S[C@@H]2[C@@H](C(O)c3ccncc3)C(=O)N2[C@H]1C#N. The topological polar surface area (TPSA) is 77.2 Å². The zero-order chi connectivity index (χ0) is 14.5. The average Bonchev–Trinajstić information content (AvgIpc) is 2.67. The number of aliphatic hydroxyl groups excluding tert-OH is 1. The summed E-state index contributed by atoms with van der Waals surface area (Å²) in [6.07, 6.45) is 2.36. The zero-order valence-corrected chi connectivity index (χ0v) is 12.0. The Bertz CT molecular complexity index is 584. The van der Waals surface area contributed by atoms with Crippen LogP contribution in [0.3, 0.4) is 0 Å². The van der Waals surface area contributed by atoms with Gasteiger partial charge in [0.1, 0.15) is 6.04 Å². The molecule has 2 saturated heterocycles. The van der Waals surface area contributed by atoms with Crippen LogP contribution in [0.2, 0.25) is 0 Å². The molecule has 5 nitrogen and oxygen atoms in total. The molecule has 3 rings (SSSR count). The van der Waals surface area contributed by atoms with Crippen LogP contribution in [0.1, 0.15) is 25.5 Å². The van der Waals surface area contributed by atoms with Gasteiger partial charge in [-0.25, -0.2) is 0 Å². The van der Waals surface area contributed by atoms with Crippen molar-refractivity contribution in [3.8, 4) is 6.07 Å². The molecule has 1 unspecified atom stereocenters. The highest BCUT2D eigenvalue weighted by molar-refractivity contribution is 8.01. The quantitative estimate of drug-likeness (QED) is 0.831. The van der Waals surface area contributed by atoms with Gasteiger partial charge in [0, 0.05) is 17.1 Å². The van der Waals surface area contributed by atoms with Crippen molar-refractivity contribution in [2.45, 2.75) is 36.1 Å². The van der Waals surface area contributed by atoms with Crippen LogP contribution in [0.4, 0.5) is 0 Å². The molecular weight excluding hydrogens is 274 g/mol. The Kier molecular flexibility index (Phi) is 3.00. The largest absolute Gasteiger partial charge is 0.387 e. The first-order chi connectivity index (χ1) is 9.47. The van der Waals surface area contributed by atoms with E-state index in [-0.39, 0.29) is 16.0 Å². The fourth-order valence-electron chi connectivity index (χ4n) is 2.90. The number of aliphatic hydroxyl groups is 1. The monoisotopic (exact) mass is 289 g/mol. The summed E-state index contributed by atoms with van der Waals surface area (Å²) < 4.78 is -0.304. The standard InChI is InChI=1S/C14H15N3O2S/c1-14(2)9(7-15)17-12(19)10(13(17)20-14)11(18)8-3-5-16-6-4-8/h3-6,9-11,13,18H,1-2H3/t9-,10-,11?,13+/m0/s1. The first kappa shape index (κ1) is 13.4. The van der Waals surface area contributed by atoms with E-state index in [1.165, 1.54) is 0 Å². The number of rotatable bonds is 2. The van der Waals surface area contributed by atoms with Gasteiger partial charge in [0.15, 0.2) is 0 Å². The van der Waals surface area contributed by atoms with Gasteiger partial charge in [0.25, 0.3) is 0 Å². The Morgan fingerprint density at radius 1 is 1.50 bits per heavy atom. The van der Waals surface area contributed by atoms with E-state index in [1.54, 1.807) is 41.2 Å². The van der Waals surface area contributed by atoms with Crippen molar-refractivity contribution in [3.63, 3.8) is 0 Å². The smallest absolute Gasteiger partial charge is 0.233 e. The predicted molar refractivity (Wildman–Crippen MR) is 74.4 cm³/mol. The third-order valence-electron chi connectivity index (χ3n) is 3.99. The van der Waals surface area contributed by atoms with Crippen LogP contribution < -0.4 is 0 Å². The van der Waals surface area contributed by atoms with Crippen LogP contribution in [0.5, 0.6) is 0 Å². The normalized spacial score (nSPS) is 32.2. The summed E-state index contributed by atoms with van der Waals surface area (Å²) in [6.45, 7) is 3.93. The lowest BCUT2D eigenvalue weighted by Gasteiger charge is -2.45. The first-order valence-electron chi connectivity index (χ1n) is 6.45. The van der Waals surface area contributed by atoms with Crippen LogP contribution in [0.25, 0.3) is 0 Å². The summed E-state index contributed by atoms with van der Waals surface area (Å²) in [5, 5.41) is 19.6. The molecule has 6 heteroatoms. The molecule has 1 amide bonds. The van der Waals surface area contributed by atoms with Gasteiger partial charge in [-0.2, -0.15) is 5.26 Å². The second-order valence-corrected chi connectivity index (χ2v) is 7.41. The molecule has 0 saturated carbocycles. The minimum Gasteiger partial charge on any atom is -0.387 e. The van der Waals surface area contributed by atoms with E-state index in [1.807, 2.05) is 13.8 Å². The number of nitrogens with zero attached hydrogens (tertiary/aromatic N) is 3. The number of hydrogen-bond acceptors (Lipinski definition) is 5. The van der Waals surface area contributed by atoms with Crippen LogP contribution in [-0.4, -0.2) is 37.1 Å². The number of carbonyl (C=O) groups excluding carboxylic acids is 1. The highest BCUT2D eigenvalue weighted by atomic mass is 32.2. The van der Waals surface area contributed by atoms with Crippen LogP contribution in [-0.2, 0) is 4.79 Å². The van der Waals surface area contributed by atoms with E-state index < -0.39 is 18.1 Å². The number of pyridine rings is 1. The number of β-lactam (4-membered cyclic amide) rings is 1. The van der Waals surface area contributed by atoms with Crippen LogP contribution in [0, 0.1) is 17.2 Å². The maximum atomic E-state index is 12.3. The molecule has 0 bridgehead atoms. The summed E-state index contributed by atoms with van der Waals surface area (Å²) in [6, 6.07) is 5.21. The van der Waals surface area contributed by atoms with Crippen molar-refractivity contribution in [3.05, 3.63) is 30.1 Å². The highest BCUT2D eigenvalue weighted by Crippen LogP contribution is 2.55. The molecule has 0 aliphatic carbocycles. The van der Waals surface area contributed by atoms with Crippen molar-refractivity contribution in [2.75, 3.05) is 0 Å². The molecule has 1 N–H and O–H groups in total. The minimum absolute atomic E-state index is 0.120. The Labute approximate surface area is 121 Å². The summed E-state index contributed by atoms with van der Waals surface area (Å²) in [5.41, 5.74) is 0.691. The summed E-state index contributed by atoms with van der Waals surface area (Å²) in [7, 11) is 0. The molecule has 1 aromatic heterocycles. The number of nitriles is 1. The number of hydrogen-bond donors (Lipinski definition) is 1. The van der Waals surface area contributed by atoms with E-state index >= 15 is 0 Å². The second kappa shape index (κ2) is 4.47. The third-order valence-corrected chi connectivity index (χ3v) is 5.58. The lowest BCUT2D eigenvalue weighted by molar-refractivity contribution is -0.159. The number of thioether (sulfide) groups is 1. The fourth-order valence-corrected chi connectivity index (χ4v) is 4.57. The number of aromatic nitrogens is 1. The predicted octanol–water partition coefficient (Wildman–Crippen LogP) is 1.32. The Balaban J connectivity index is 1.86. The number of carbonyl (C=O) groups is 1. The molecule has 2 aliphatic heterocycles. The highest BCUT2D eigenvalue weighted by Gasteiger charge is 2.63. The molecule has 3 heterocycles. The van der Waals surface area contributed by atoms with Crippen LogP contribution in [0.15, 0.2) is 24.5 Å². The zero-order valence-electron chi connectivity index (χ0n) is 11.2. The summed E-state index contributed by atoms with van der Waals surface area (Å²) in [5.74, 6) is -0.607. The van der Waals surface area contributed by atoms with Crippen molar-refractivity contribution in [1.82, 2.24) is 9.88 Å². The van der Waals surface area contributed by atoms with Gasteiger partial charge in [0.05, 0.1) is 23.5 Å². The molecule has 4 atom stereocenters. The molecule has 2 fully saturated rings. The maximum Gasteiger partial charge on any atom is 0.233 e. The Hall–Kier alpha value is -1.58. The van der Waals surface area contributed by atoms with E-state index in [9.17, 15) is 15.2 Å². The number of fused-ring (bicyclic) bond motifs is 1. The molecule has 0 radical (unpaired) electrons. The molecule has 0 aromatic carbocycles. The average molecular weight is 289 g/mol. The lowest BCUT2D eigenvalue weighted by Crippen LogP contribution is -2.61. The molecule has 1 aromatic rings. The van der Waals surface area contributed by atoms with Crippen molar-refractivity contribution in [1.29, 1.82) is 5.26 Å². The van der Waals surface area contributed by atoms with Gasteiger partial charge in [-0.15, -0.1) is 11.8 Å². The maximum absolute atomic E-state index is 12.3. The summed E-state index contributed by atoms with van der Waals surface area (Å²) in [4.78, 5) is 17.8. The molecule has 0 spiro atoms. The molecule has 104 valence electrons. The van der Waals surface area contributed by atoms with Crippen molar-refractivity contribution in [2.24, 2.45) is 5.92 Å². The first-order valence-corrected chi connectivity index (χ1v) is 7.33. The van der Waals surface area contributed by atoms with E-state index in [2.05, 4.69) is 11.1 Å². The summed E-state index contributed by atoms with van der Waals surface area (Å²) >= 11 is 1.59. The van der Waals surface area contributed by atoms with E-state index in [0.717, 1.165) is 0 Å². The van der Waals surface area contributed by atoms with Crippen LogP contribution >= 0.6 is 11.8 Å². The lowest BCUT2D eigenvalue weighted by atomic mass is 9.85. The van der Waals surface area contributed by atoms with Gasteiger partial charge < -0.3 is 10.0 Å². The molecular formula is C14H15N3O2S. The molecule has 2 aliphatic rings. The minimum atomic E-state index is -0.840. The Morgan fingerprint density at radius 2 is 2.15 bits per heavy atom.